The number of aryl methyl sites for hydroxylation is 1. The second-order valence-electron chi connectivity index (χ2n) is 4.74. The van der Waals surface area contributed by atoms with Crippen molar-refractivity contribution in [2.24, 2.45) is 0 Å². The van der Waals surface area contributed by atoms with Crippen molar-refractivity contribution >= 4 is 17.4 Å². The van der Waals surface area contributed by atoms with E-state index in [-0.39, 0.29) is 11.5 Å². The number of nitrogens with zero attached hydrogens (tertiary/aromatic N) is 5. The largest absolute Gasteiger partial charge is 0.308 e. The van der Waals surface area contributed by atoms with Gasteiger partial charge in [0.2, 0.25) is 5.78 Å². The fourth-order valence-electron chi connectivity index (χ4n) is 1.68. The number of hydrogen-bond acceptors (Lipinski definition) is 5. The van der Waals surface area contributed by atoms with Gasteiger partial charge in [0.1, 0.15) is 11.4 Å². The van der Waals surface area contributed by atoms with Gasteiger partial charge >= 0.3 is 0 Å². The smallest absolute Gasteiger partial charge is 0.232 e. The van der Waals surface area contributed by atoms with E-state index in [2.05, 4.69) is 15.1 Å². The first-order valence-electron chi connectivity index (χ1n) is 6.18. The molecule has 2 rings (SSSR count). The van der Waals surface area contributed by atoms with Crippen LogP contribution in [0, 0.1) is 6.92 Å². The lowest BCUT2D eigenvalue weighted by Crippen LogP contribution is -2.22. The highest BCUT2D eigenvalue weighted by Gasteiger charge is 2.20. The minimum Gasteiger partial charge on any atom is -0.308 e. The van der Waals surface area contributed by atoms with E-state index in [9.17, 15) is 4.79 Å². The minimum absolute atomic E-state index is 0.265. The summed E-state index contributed by atoms with van der Waals surface area (Å²) in [7, 11) is 3.91. The van der Waals surface area contributed by atoms with Crippen molar-refractivity contribution in [2.75, 3.05) is 20.6 Å². The van der Waals surface area contributed by atoms with Gasteiger partial charge in [0, 0.05) is 12.7 Å². The predicted molar refractivity (Wildman–Crippen MR) is 76.0 cm³/mol. The minimum atomic E-state index is -0.265. The average molecular weight is 294 g/mol. The van der Waals surface area contributed by atoms with Crippen LogP contribution in [-0.4, -0.2) is 51.1 Å². The third kappa shape index (κ3) is 3.20. The average Bonchev–Trinajstić information content (AvgIpc) is 2.77. The maximum Gasteiger partial charge on any atom is 0.232 e. The molecule has 0 aliphatic carbocycles. The van der Waals surface area contributed by atoms with Crippen LogP contribution in [0.2, 0.25) is 5.02 Å². The lowest BCUT2D eigenvalue weighted by Gasteiger charge is -2.11. The van der Waals surface area contributed by atoms with Crippen LogP contribution in [0.1, 0.15) is 21.9 Å². The summed E-state index contributed by atoms with van der Waals surface area (Å²) in [5, 5.41) is 4.47. The fraction of sp³-hybridized carbons (Fsp3) is 0.385. The van der Waals surface area contributed by atoms with Gasteiger partial charge in [-0.05, 0) is 21.0 Å². The molecule has 20 heavy (non-hydrogen) atoms. The summed E-state index contributed by atoms with van der Waals surface area (Å²) in [5.74, 6) is -0.265. The molecule has 7 heteroatoms. The zero-order chi connectivity index (χ0) is 14.7. The maximum absolute atomic E-state index is 12.4. The highest BCUT2D eigenvalue weighted by molar-refractivity contribution is 6.34. The van der Waals surface area contributed by atoms with E-state index < -0.39 is 0 Å². The molecule has 0 saturated carbocycles. The SMILES string of the molecule is Cc1cnc(C(=O)c2c(Cl)cnn2CCN(C)C)cn1. The van der Waals surface area contributed by atoms with Crippen LogP contribution < -0.4 is 0 Å². The Bertz CT molecular complexity index is 606. The molecule has 2 aromatic rings. The van der Waals surface area contributed by atoms with Gasteiger partial charge in [-0.2, -0.15) is 5.10 Å². The van der Waals surface area contributed by atoms with E-state index in [1.54, 1.807) is 10.9 Å². The lowest BCUT2D eigenvalue weighted by atomic mass is 10.2. The topological polar surface area (TPSA) is 63.9 Å². The van der Waals surface area contributed by atoms with E-state index >= 15 is 0 Å². The summed E-state index contributed by atoms with van der Waals surface area (Å²) in [6, 6.07) is 0. The standard InChI is InChI=1S/C13H16ClN5O/c1-9-6-16-11(8-15-9)13(20)12-10(14)7-17-19(12)5-4-18(2)3/h6-8H,4-5H2,1-3H3. The molecule has 2 aromatic heterocycles. The number of rotatable bonds is 5. The highest BCUT2D eigenvalue weighted by Crippen LogP contribution is 2.18. The summed E-state index contributed by atoms with van der Waals surface area (Å²) in [6.07, 6.45) is 4.49. The second kappa shape index (κ2) is 6.11. The summed E-state index contributed by atoms with van der Waals surface area (Å²) in [4.78, 5) is 22.6. The van der Waals surface area contributed by atoms with Crippen LogP contribution in [0.5, 0.6) is 0 Å². The molecule has 0 aliphatic heterocycles. The Labute approximate surface area is 122 Å². The van der Waals surface area contributed by atoms with Crippen LogP contribution in [0.15, 0.2) is 18.6 Å². The summed E-state index contributed by atoms with van der Waals surface area (Å²) in [6.45, 7) is 3.16. The number of carbonyl (C=O) groups is 1. The molecule has 0 N–H and O–H groups in total. The molecule has 0 fully saturated rings. The van der Waals surface area contributed by atoms with Gasteiger partial charge in [-0.1, -0.05) is 11.6 Å². The van der Waals surface area contributed by atoms with Crippen molar-refractivity contribution in [3.8, 4) is 0 Å². The molecule has 0 unspecified atom stereocenters. The molecule has 106 valence electrons. The van der Waals surface area contributed by atoms with E-state index in [4.69, 9.17) is 11.6 Å². The van der Waals surface area contributed by atoms with Crippen molar-refractivity contribution in [1.29, 1.82) is 0 Å². The van der Waals surface area contributed by atoms with Crippen molar-refractivity contribution in [1.82, 2.24) is 24.6 Å². The molecule has 0 aromatic carbocycles. The number of ketones is 1. The van der Waals surface area contributed by atoms with Crippen molar-refractivity contribution in [3.63, 3.8) is 0 Å². The molecular formula is C13H16ClN5O. The van der Waals surface area contributed by atoms with Crippen LogP contribution in [0.4, 0.5) is 0 Å². The van der Waals surface area contributed by atoms with Crippen molar-refractivity contribution in [2.45, 2.75) is 13.5 Å². The number of aromatic nitrogens is 4. The van der Waals surface area contributed by atoms with Crippen LogP contribution in [0.25, 0.3) is 0 Å². The van der Waals surface area contributed by atoms with E-state index in [0.717, 1.165) is 12.2 Å². The van der Waals surface area contributed by atoms with Crippen LogP contribution in [0.3, 0.4) is 0 Å². The number of halogens is 1. The Morgan fingerprint density at radius 2 is 2.05 bits per heavy atom. The Kier molecular flexibility index (Phi) is 4.46. The van der Waals surface area contributed by atoms with Gasteiger partial charge < -0.3 is 4.90 Å². The van der Waals surface area contributed by atoms with Crippen LogP contribution >= 0.6 is 11.6 Å². The van der Waals surface area contributed by atoms with E-state index in [1.807, 2.05) is 25.9 Å². The highest BCUT2D eigenvalue weighted by atomic mass is 35.5. The van der Waals surface area contributed by atoms with E-state index in [0.29, 0.717) is 17.3 Å². The summed E-state index contributed by atoms with van der Waals surface area (Å²) < 4.78 is 1.60. The molecule has 0 saturated heterocycles. The number of likely N-dealkylation sites (N-methyl/N-ethyl adjacent to an activating group) is 1. The van der Waals surface area contributed by atoms with Crippen molar-refractivity contribution < 1.29 is 4.79 Å². The first-order valence-corrected chi connectivity index (χ1v) is 6.56. The third-order valence-electron chi connectivity index (χ3n) is 2.78. The monoisotopic (exact) mass is 293 g/mol. The molecule has 0 aliphatic rings. The molecule has 6 nitrogen and oxygen atoms in total. The van der Waals surface area contributed by atoms with Gasteiger partial charge in [0.05, 0.1) is 29.7 Å². The molecule has 0 bridgehead atoms. The Morgan fingerprint density at radius 1 is 1.30 bits per heavy atom. The Balaban J connectivity index is 2.29. The van der Waals surface area contributed by atoms with Gasteiger partial charge in [-0.15, -0.1) is 0 Å². The lowest BCUT2D eigenvalue weighted by molar-refractivity contribution is 0.102. The van der Waals surface area contributed by atoms with Gasteiger partial charge in [-0.3, -0.25) is 14.5 Å². The molecule has 0 amide bonds. The zero-order valence-corrected chi connectivity index (χ0v) is 12.4. The first-order chi connectivity index (χ1) is 9.49. The maximum atomic E-state index is 12.4. The predicted octanol–water partition coefficient (Wildman–Crippen LogP) is 1.43. The quantitative estimate of drug-likeness (QED) is 0.780. The number of hydrogen-bond donors (Lipinski definition) is 0. The summed E-state index contributed by atoms with van der Waals surface area (Å²) in [5.41, 5.74) is 1.38. The van der Waals surface area contributed by atoms with Crippen LogP contribution in [-0.2, 0) is 6.54 Å². The Hall–Kier alpha value is -1.79. The van der Waals surface area contributed by atoms with Gasteiger partial charge in [0.25, 0.3) is 0 Å². The fourth-order valence-corrected chi connectivity index (χ4v) is 1.91. The summed E-state index contributed by atoms with van der Waals surface area (Å²) >= 11 is 6.07. The zero-order valence-electron chi connectivity index (χ0n) is 11.7. The van der Waals surface area contributed by atoms with Gasteiger partial charge in [-0.25, -0.2) is 4.98 Å². The normalized spacial score (nSPS) is 11.1. The van der Waals surface area contributed by atoms with Gasteiger partial charge in [0.15, 0.2) is 0 Å². The third-order valence-corrected chi connectivity index (χ3v) is 3.06. The Morgan fingerprint density at radius 3 is 2.65 bits per heavy atom. The number of carbonyl (C=O) groups excluding carboxylic acids is 1. The molecule has 0 atom stereocenters. The molecular weight excluding hydrogens is 278 g/mol. The van der Waals surface area contributed by atoms with E-state index in [1.165, 1.54) is 12.4 Å². The molecule has 0 radical (unpaired) electrons. The van der Waals surface area contributed by atoms with Crippen molar-refractivity contribution in [3.05, 3.63) is 40.7 Å². The first kappa shape index (κ1) is 14.6. The molecule has 0 spiro atoms. The molecule has 2 heterocycles. The second-order valence-corrected chi connectivity index (χ2v) is 5.15.